The Morgan fingerprint density at radius 2 is 1.77 bits per heavy atom. The number of nitrogens with zero attached hydrogens (tertiary/aromatic N) is 1. The minimum atomic E-state index is -3.53. The second kappa shape index (κ2) is 8.69. The zero-order chi connectivity index (χ0) is 21.3. The Hall–Kier alpha value is -1.89. The molecule has 0 atom stereocenters. The van der Waals surface area contributed by atoms with E-state index in [1.807, 2.05) is 25.1 Å². The van der Waals surface area contributed by atoms with Gasteiger partial charge in [0.2, 0.25) is 15.9 Å². The number of piperidine rings is 1. The monoisotopic (exact) mass is 446 g/mol. The summed E-state index contributed by atoms with van der Waals surface area (Å²) in [5.41, 5.74) is 3.97. The van der Waals surface area contributed by atoms with E-state index in [2.05, 4.69) is 5.32 Å². The molecule has 1 aliphatic heterocycles. The fraction of sp³-hybridized carbons (Fsp3) is 0.435. The highest BCUT2D eigenvalue weighted by molar-refractivity contribution is 7.89. The number of halogens is 1. The summed E-state index contributed by atoms with van der Waals surface area (Å²) in [7, 11) is -3.53. The van der Waals surface area contributed by atoms with Crippen LogP contribution in [0.1, 0.15) is 42.4 Å². The molecule has 0 unspecified atom stereocenters. The molecule has 0 aromatic heterocycles. The van der Waals surface area contributed by atoms with Crippen LogP contribution >= 0.6 is 11.6 Å². The van der Waals surface area contributed by atoms with Crippen molar-refractivity contribution in [1.82, 2.24) is 4.31 Å². The largest absolute Gasteiger partial charge is 0.326 e. The Balaban J connectivity index is 1.41. The number of amides is 1. The summed E-state index contributed by atoms with van der Waals surface area (Å²) in [5, 5.41) is 3.56. The van der Waals surface area contributed by atoms with E-state index in [9.17, 15) is 13.2 Å². The van der Waals surface area contributed by atoms with Crippen molar-refractivity contribution in [2.24, 2.45) is 5.92 Å². The molecule has 0 bridgehead atoms. The van der Waals surface area contributed by atoms with Crippen LogP contribution in [0.2, 0.25) is 5.02 Å². The van der Waals surface area contributed by atoms with E-state index < -0.39 is 10.0 Å². The van der Waals surface area contributed by atoms with E-state index in [4.69, 9.17) is 11.6 Å². The van der Waals surface area contributed by atoms with Crippen molar-refractivity contribution in [1.29, 1.82) is 0 Å². The summed E-state index contributed by atoms with van der Waals surface area (Å²) in [6, 6.07) is 11.0. The minimum Gasteiger partial charge on any atom is -0.326 e. The molecule has 0 spiro atoms. The first-order valence-corrected chi connectivity index (χ1v) is 12.4. The second-order valence-electron chi connectivity index (χ2n) is 8.22. The Morgan fingerprint density at radius 1 is 1.07 bits per heavy atom. The molecule has 7 heteroatoms. The predicted octanol–water partition coefficient (Wildman–Crippen LogP) is 4.57. The molecule has 30 heavy (non-hydrogen) atoms. The average molecular weight is 447 g/mol. The first-order chi connectivity index (χ1) is 14.4. The number of rotatable bonds is 4. The number of carbonyl (C=O) groups is 1. The molecule has 1 amide bonds. The number of hydrogen-bond donors (Lipinski definition) is 1. The second-order valence-corrected chi connectivity index (χ2v) is 10.6. The Labute approximate surface area is 183 Å². The highest BCUT2D eigenvalue weighted by Gasteiger charge is 2.32. The van der Waals surface area contributed by atoms with Crippen LogP contribution in [0.3, 0.4) is 0 Å². The normalized spacial score (nSPS) is 18.1. The summed E-state index contributed by atoms with van der Waals surface area (Å²) < 4.78 is 27.8. The molecule has 1 fully saturated rings. The molecular formula is C23H27ClN2O3S. The van der Waals surface area contributed by atoms with Gasteiger partial charge >= 0.3 is 0 Å². The van der Waals surface area contributed by atoms with Gasteiger partial charge in [-0.2, -0.15) is 4.31 Å². The lowest BCUT2D eigenvalue weighted by molar-refractivity contribution is -0.120. The third kappa shape index (κ3) is 4.27. The fourth-order valence-electron chi connectivity index (χ4n) is 4.36. The van der Waals surface area contributed by atoms with Crippen LogP contribution in [-0.2, 0) is 27.7 Å². The van der Waals surface area contributed by atoms with Crippen molar-refractivity contribution in [3.05, 3.63) is 58.1 Å². The number of sulfonamides is 1. The molecule has 4 rings (SSSR count). The van der Waals surface area contributed by atoms with Crippen LogP contribution in [0.15, 0.2) is 41.3 Å². The number of anilines is 1. The van der Waals surface area contributed by atoms with E-state index in [-0.39, 0.29) is 11.8 Å². The lowest BCUT2D eigenvalue weighted by atomic mass is 9.92. The first-order valence-electron chi connectivity index (χ1n) is 10.5. The predicted molar refractivity (Wildman–Crippen MR) is 119 cm³/mol. The lowest BCUT2D eigenvalue weighted by Gasteiger charge is -2.31. The molecule has 1 heterocycles. The van der Waals surface area contributed by atoms with Gasteiger partial charge in [0, 0.05) is 29.7 Å². The smallest absolute Gasteiger partial charge is 0.243 e. The lowest BCUT2D eigenvalue weighted by Crippen LogP contribution is -2.41. The molecular weight excluding hydrogens is 420 g/mol. The number of hydrogen-bond acceptors (Lipinski definition) is 3. The summed E-state index contributed by atoms with van der Waals surface area (Å²) in [5.74, 6) is -0.287. The molecule has 1 saturated heterocycles. The maximum absolute atomic E-state index is 13.1. The summed E-state index contributed by atoms with van der Waals surface area (Å²) in [6.45, 7) is 2.57. The molecule has 2 aromatic carbocycles. The van der Waals surface area contributed by atoms with Crippen molar-refractivity contribution < 1.29 is 13.2 Å². The van der Waals surface area contributed by atoms with Crippen LogP contribution in [-0.4, -0.2) is 31.7 Å². The number of carbonyl (C=O) groups excluding carboxylic acids is 1. The van der Waals surface area contributed by atoms with Crippen LogP contribution in [0, 0.1) is 12.8 Å². The summed E-state index contributed by atoms with van der Waals surface area (Å²) >= 11 is 6.13. The fourth-order valence-corrected chi connectivity index (χ4v) is 6.05. The SMILES string of the molecule is Cc1c(Cl)cccc1NC(=O)C1CCN(S(=O)(=O)c2ccc3c(c2)CCCC3)CC1. The number of nitrogens with one attached hydrogen (secondary N) is 1. The highest BCUT2D eigenvalue weighted by atomic mass is 35.5. The van der Waals surface area contributed by atoms with Gasteiger partial charge in [-0.05, 0) is 86.4 Å². The molecule has 2 aromatic rings. The molecule has 0 saturated carbocycles. The van der Waals surface area contributed by atoms with Gasteiger partial charge in [-0.1, -0.05) is 23.7 Å². The third-order valence-electron chi connectivity index (χ3n) is 6.31. The summed E-state index contributed by atoms with van der Waals surface area (Å²) in [4.78, 5) is 13.1. The Bertz CT molecular complexity index is 1060. The minimum absolute atomic E-state index is 0.0776. The number of fused-ring (bicyclic) bond motifs is 1. The van der Waals surface area contributed by atoms with E-state index in [0.29, 0.717) is 41.5 Å². The van der Waals surface area contributed by atoms with Crippen molar-refractivity contribution >= 4 is 33.2 Å². The van der Waals surface area contributed by atoms with Gasteiger partial charge in [0.15, 0.2) is 0 Å². The third-order valence-corrected chi connectivity index (χ3v) is 8.61. The molecule has 1 aliphatic carbocycles. The topological polar surface area (TPSA) is 66.5 Å². The maximum Gasteiger partial charge on any atom is 0.243 e. The highest BCUT2D eigenvalue weighted by Crippen LogP contribution is 2.29. The van der Waals surface area contributed by atoms with Crippen molar-refractivity contribution in [3.8, 4) is 0 Å². The zero-order valence-corrected chi connectivity index (χ0v) is 18.7. The number of benzene rings is 2. The maximum atomic E-state index is 13.1. The first kappa shape index (κ1) is 21.3. The van der Waals surface area contributed by atoms with Crippen LogP contribution in [0.25, 0.3) is 0 Å². The van der Waals surface area contributed by atoms with E-state index in [1.165, 1.54) is 16.3 Å². The van der Waals surface area contributed by atoms with Gasteiger partial charge in [-0.25, -0.2) is 8.42 Å². The standard InChI is InChI=1S/C23H27ClN2O3S/c1-16-21(24)7-4-8-22(16)25-23(27)18-11-13-26(14-12-18)30(28,29)20-10-9-17-5-2-3-6-19(17)15-20/h4,7-10,15,18H,2-3,5-6,11-14H2,1H3,(H,25,27). The molecule has 0 radical (unpaired) electrons. The molecule has 2 aliphatic rings. The van der Waals surface area contributed by atoms with Gasteiger partial charge in [0.05, 0.1) is 4.90 Å². The van der Waals surface area contributed by atoms with E-state index >= 15 is 0 Å². The van der Waals surface area contributed by atoms with Crippen molar-refractivity contribution in [2.75, 3.05) is 18.4 Å². The van der Waals surface area contributed by atoms with E-state index in [0.717, 1.165) is 30.4 Å². The van der Waals surface area contributed by atoms with Gasteiger partial charge in [0.1, 0.15) is 0 Å². The number of aryl methyl sites for hydroxylation is 2. The van der Waals surface area contributed by atoms with Crippen LogP contribution in [0.4, 0.5) is 5.69 Å². The van der Waals surface area contributed by atoms with Gasteiger partial charge < -0.3 is 5.32 Å². The average Bonchev–Trinajstić information content (AvgIpc) is 2.76. The van der Waals surface area contributed by atoms with Crippen LogP contribution < -0.4 is 5.32 Å². The Kier molecular flexibility index (Phi) is 6.19. The summed E-state index contributed by atoms with van der Waals surface area (Å²) in [6.07, 6.45) is 5.28. The van der Waals surface area contributed by atoms with Gasteiger partial charge in [-0.15, -0.1) is 0 Å². The van der Waals surface area contributed by atoms with Crippen molar-refractivity contribution in [2.45, 2.75) is 50.3 Å². The van der Waals surface area contributed by atoms with Gasteiger partial charge in [0.25, 0.3) is 0 Å². The van der Waals surface area contributed by atoms with Crippen LogP contribution in [0.5, 0.6) is 0 Å². The van der Waals surface area contributed by atoms with Crippen molar-refractivity contribution in [3.63, 3.8) is 0 Å². The molecule has 5 nitrogen and oxygen atoms in total. The van der Waals surface area contributed by atoms with E-state index in [1.54, 1.807) is 18.2 Å². The Morgan fingerprint density at radius 3 is 2.50 bits per heavy atom. The quantitative estimate of drug-likeness (QED) is 0.748. The zero-order valence-electron chi connectivity index (χ0n) is 17.2. The molecule has 160 valence electrons. The van der Waals surface area contributed by atoms with Gasteiger partial charge in [-0.3, -0.25) is 4.79 Å². The molecule has 1 N–H and O–H groups in total.